The van der Waals surface area contributed by atoms with Crippen LogP contribution in [0.4, 0.5) is 14.5 Å². The van der Waals surface area contributed by atoms with Gasteiger partial charge in [-0.3, -0.25) is 13.9 Å². The molecule has 8 nitrogen and oxygen atoms in total. The van der Waals surface area contributed by atoms with Crippen molar-refractivity contribution >= 4 is 27.5 Å². The van der Waals surface area contributed by atoms with Crippen LogP contribution in [0.15, 0.2) is 108 Å². The summed E-state index contributed by atoms with van der Waals surface area (Å²) in [6, 6.07) is 24.0. The van der Waals surface area contributed by atoms with Crippen molar-refractivity contribution < 1.29 is 31.5 Å². The SMILES string of the molecule is CCOc1ccc(S(=O)(=O)N(CC(=O)N(Cc2ccc(F)cc2)C(Cc2ccccc2)C(=O)NC(C)CC)c2ccc(F)cc2)cc1. The molecule has 0 aliphatic carbocycles. The molecule has 47 heavy (non-hydrogen) atoms. The molecule has 2 unspecified atom stereocenters. The first-order chi connectivity index (χ1) is 22.5. The number of nitrogens with one attached hydrogen (secondary N) is 1. The Bertz CT molecular complexity index is 1720. The van der Waals surface area contributed by atoms with E-state index >= 15 is 0 Å². The summed E-state index contributed by atoms with van der Waals surface area (Å²) in [6.07, 6.45) is 0.784. The average molecular weight is 664 g/mol. The van der Waals surface area contributed by atoms with Crippen molar-refractivity contribution in [3.8, 4) is 5.75 Å². The van der Waals surface area contributed by atoms with Gasteiger partial charge in [-0.1, -0.05) is 49.4 Å². The lowest BCUT2D eigenvalue weighted by atomic mass is 10.0. The zero-order valence-electron chi connectivity index (χ0n) is 26.6. The molecule has 0 saturated heterocycles. The molecule has 0 radical (unpaired) electrons. The maximum atomic E-state index is 14.4. The Morgan fingerprint density at radius 2 is 1.40 bits per heavy atom. The highest BCUT2D eigenvalue weighted by Gasteiger charge is 2.35. The van der Waals surface area contributed by atoms with Crippen LogP contribution in [0, 0.1) is 11.6 Å². The van der Waals surface area contributed by atoms with E-state index in [9.17, 15) is 26.8 Å². The van der Waals surface area contributed by atoms with E-state index in [0.29, 0.717) is 24.3 Å². The molecule has 0 heterocycles. The van der Waals surface area contributed by atoms with Gasteiger partial charge < -0.3 is 15.0 Å². The molecular weight excluding hydrogens is 624 g/mol. The van der Waals surface area contributed by atoms with Crippen molar-refractivity contribution in [3.05, 3.63) is 126 Å². The Balaban J connectivity index is 1.79. The van der Waals surface area contributed by atoms with Gasteiger partial charge in [-0.25, -0.2) is 17.2 Å². The maximum absolute atomic E-state index is 14.4. The third-order valence-corrected chi connectivity index (χ3v) is 9.44. The van der Waals surface area contributed by atoms with Crippen molar-refractivity contribution in [2.45, 2.75) is 57.1 Å². The summed E-state index contributed by atoms with van der Waals surface area (Å²) in [5, 5.41) is 2.96. The summed E-state index contributed by atoms with van der Waals surface area (Å²) in [5.74, 6) is -1.68. The molecule has 248 valence electrons. The van der Waals surface area contributed by atoms with E-state index in [0.717, 1.165) is 22.0 Å². The van der Waals surface area contributed by atoms with Gasteiger partial charge in [0, 0.05) is 19.0 Å². The fraction of sp³-hybridized carbons (Fsp3) is 0.278. The first kappa shape index (κ1) is 35.1. The molecule has 0 saturated carbocycles. The van der Waals surface area contributed by atoms with Gasteiger partial charge >= 0.3 is 0 Å². The van der Waals surface area contributed by atoms with E-state index in [4.69, 9.17) is 4.74 Å². The number of sulfonamides is 1. The van der Waals surface area contributed by atoms with Gasteiger partial charge in [-0.05, 0) is 92.1 Å². The van der Waals surface area contributed by atoms with Crippen LogP contribution in [0.25, 0.3) is 0 Å². The quantitative estimate of drug-likeness (QED) is 0.166. The van der Waals surface area contributed by atoms with Crippen LogP contribution in [0.2, 0.25) is 0 Å². The summed E-state index contributed by atoms with van der Waals surface area (Å²) in [4.78, 5) is 29.5. The Morgan fingerprint density at radius 3 is 1.98 bits per heavy atom. The van der Waals surface area contributed by atoms with Crippen LogP contribution < -0.4 is 14.4 Å². The van der Waals surface area contributed by atoms with Gasteiger partial charge in [-0.2, -0.15) is 0 Å². The zero-order valence-corrected chi connectivity index (χ0v) is 27.4. The van der Waals surface area contributed by atoms with Gasteiger partial charge in [0.05, 0.1) is 17.2 Å². The molecule has 4 aromatic rings. The largest absolute Gasteiger partial charge is 0.494 e. The van der Waals surface area contributed by atoms with Gasteiger partial charge in [0.25, 0.3) is 10.0 Å². The van der Waals surface area contributed by atoms with E-state index < -0.39 is 46.1 Å². The van der Waals surface area contributed by atoms with Gasteiger partial charge in [-0.15, -0.1) is 0 Å². The van der Waals surface area contributed by atoms with E-state index in [1.54, 1.807) is 6.92 Å². The molecular formula is C36H39F2N3O5S. The van der Waals surface area contributed by atoms with Crippen LogP contribution in [0.5, 0.6) is 5.75 Å². The van der Waals surface area contributed by atoms with Crippen molar-refractivity contribution in [1.29, 1.82) is 0 Å². The minimum absolute atomic E-state index is 0.0547. The lowest BCUT2D eigenvalue weighted by molar-refractivity contribution is -0.140. The second-order valence-electron chi connectivity index (χ2n) is 11.1. The number of carbonyl (C=O) groups excluding carboxylic acids is 2. The monoisotopic (exact) mass is 663 g/mol. The molecule has 0 aliphatic heterocycles. The number of benzene rings is 4. The van der Waals surface area contributed by atoms with Gasteiger partial charge in [0.15, 0.2) is 0 Å². The number of amides is 2. The predicted molar refractivity (Wildman–Crippen MR) is 177 cm³/mol. The van der Waals surface area contributed by atoms with E-state index in [1.807, 2.05) is 44.2 Å². The van der Waals surface area contributed by atoms with Crippen LogP contribution in [-0.2, 0) is 32.6 Å². The molecule has 4 aromatic carbocycles. The lowest BCUT2D eigenvalue weighted by Crippen LogP contribution is -2.54. The number of ether oxygens (including phenoxy) is 1. The van der Waals surface area contributed by atoms with E-state index in [2.05, 4.69) is 5.32 Å². The highest BCUT2D eigenvalue weighted by atomic mass is 32.2. The highest BCUT2D eigenvalue weighted by Crippen LogP contribution is 2.27. The fourth-order valence-corrected chi connectivity index (χ4v) is 6.33. The number of nitrogens with zero attached hydrogens (tertiary/aromatic N) is 2. The second-order valence-corrected chi connectivity index (χ2v) is 12.9. The lowest BCUT2D eigenvalue weighted by Gasteiger charge is -2.34. The summed E-state index contributed by atoms with van der Waals surface area (Å²) in [7, 11) is -4.38. The first-order valence-electron chi connectivity index (χ1n) is 15.4. The minimum atomic E-state index is -4.38. The Morgan fingerprint density at radius 1 is 0.809 bits per heavy atom. The van der Waals surface area contributed by atoms with Gasteiger partial charge in [0.2, 0.25) is 11.8 Å². The molecule has 4 rings (SSSR count). The molecule has 11 heteroatoms. The fourth-order valence-electron chi connectivity index (χ4n) is 4.92. The van der Waals surface area contributed by atoms with Crippen molar-refractivity contribution in [1.82, 2.24) is 10.2 Å². The molecule has 0 spiro atoms. The first-order valence-corrected chi connectivity index (χ1v) is 16.8. The smallest absolute Gasteiger partial charge is 0.264 e. The van der Waals surface area contributed by atoms with Gasteiger partial charge in [0.1, 0.15) is 30.0 Å². The third-order valence-electron chi connectivity index (χ3n) is 7.65. The molecule has 0 fully saturated rings. The van der Waals surface area contributed by atoms with Crippen molar-refractivity contribution in [2.75, 3.05) is 17.5 Å². The normalized spacial score (nSPS) is 12.5. The predicted octanol–water partition coefficient (Wildman–Crippen LogP) is 6.11. The Labute approximate surface area is 275 Å². The summed E-state index contributed by atoms with van der Waals surface area (Å²) in [5.41, 5.74) is 1.38. The Kier molecular flexibility index (Phi) is 12.1. The average Bonchev–Trinajstić information content (AvgIpc) is 3.07. The van der Waals surface area contributed by atoms with Crippen LogP contribution >= 0.6 is 0 Å². The maximum Gasteiger partial charge on any atom is 0.264 e. The topological polar surface area (TPSA) is 96.0 Å². The van der Waals surface area contributed by atoms with E-state index in [1.165, 1.54) is 65.6 Å². The van der Waals surface area contributed by atoms with Crippen molar-refractivity contribution in [2.24, 2.45) is 0 Å². The molecule has 0 aromatic heterocycles. The van der Waals surface area contributed by atoms with Crippen molar-refractivity contribution in [3.63, 3.8) is 0 Å². The summed E-state index contributed by atoms with van der Waals surface area (Å²) in [6.45, 7) is 5.16. The van der Waals surface area contributed by atoms with E-state index in [-0.39, 0.29) is 29.6 Å². The minimum Gasteiger partial charge on any atom is -0.494 e. The molecule has 2 amide bonds. The number of carbonyl (C=O) groups is 2. The number of hydrogen-bond acceptors (Lipinski definition) is 5. The van der Waals surface area contributed by atoms with Crippen LogP contribution in [-0.4, -0.2) is 50.4 Å². The molecule has 1 N–H and O–H groups in total. The summed E-state index contributed by atoms with van der Waals surface area (Å²) >= 11 is 0. The summed E-state index contributed by atoms with van der Waals surface area (Å²) < 4.78 is 62.4. The van der Waals surface area contributed by atoms with Crippen LogP contribution in [0.3, 0.4) is 0 Å². The highest BCUT2D eigenvalue weighted by molar-refractivity contribution is 7.92. The molecule has 2 atom stereocenters. The third kappa shape index (κ3) is 9.38. The number of rotatable bonds is 15. The molecule has 0 bridgehead atoms. The molecule has 0 aliphatic rings. The second kappa shape index (κ2) is 16.2. The number of halogens is 2. The number of anilines is 1. The standard InChI is InChI=1S/C36H39F2N3O5S/c1-4-26(3)39-36(43)34(23-27-9-7-6-8-10-27)40(24-28-11-13-29(37)14-12-28)35(42)25-41(31-17-15-30(38)16-18-31)47(44,45)33-21-19-32(20-22-33)46-5-2/h6-22,26,34H,4-5,23-25H2,1-3H3,(H,39,43). The van der Waals surface area contributed by atoms with Crippen LogP contribution in [0.1, 0.15) is 38.3 Å². The Hall–Kier alpha value is -4.77. The zero-order chi connectivity index (χ0) is 34.0. The number of hydrogen-bond donors (Lipinski definition) is 1.